The number of hydrogen-bond donors (Lipinski definition) is 0. The Morgan fingerprint density at radius 3 is 2.25 bits per heavy atom. The molecule has 16 heavy (non-hydrogen) atoms. The maximum absolute atomic E-state index is 12.2. The molecule has 1 unspecified atom stereocenters. The van der Waals surface area contributed by atoms with Crippen molar-refractivity contribution in [2.45, 2.75) is 52.5 Å². The van der Waals surface area contributed by atoms with Crippen molar-refractivity contribution in [3.05, 3.63) is 0 Å². The molecule has 1 saturated heterocycles. The van der Waals surface area contributed by atoms with E-state index in [-0.39, 0.29) is 18.2 Å². The van der Waals surface area contributed by atoms with E-state index in [9.17, 15) is 9.59 Å². The van der Waals surface area contributed by atoms with Crippen LogP contribution in [0.3, 0.4) is 0 Å². The summed E-state index contributed by atoms with van der Waals surface area (Å²) in [5.74, 6) is -0.349. The molecule has 0 aromatic heterocycles. The summed E-state index contributed by atoms with van der Waals surface area (Å²) in [7, 11) is 0. The molecule has 0 bridgehead atoms. The van der Waals surface area contributed by atoms with Crippen LogP contribution in [0.4, 0.5) is 0 Å². The van der Waals surface area contributed by atoms with E-state index < -0.39 is 11.5 Å². The number of nitriles is 1. The van der Waals surface area contributed by atoms with Gasteiger partial charge >= 0.3 is 0 Å². The molecule has 0 aromatic carbocycles. The highest BCUT2D eigenvalue weighted by atomic mass is 16.2. The highest BCUT2D eigenvalue weighted by Crippen LogP contribution is 2.40. The van der Waals surface area contributed by atoms with Gasteiger partial charge in [0.05, 0.1) is 11.5 Å². The summed E-state index contributed by atoms with van der Waals surface area (Å²) in [6.07, 6.45) is 2.08. The van der Waals surface area contributed by atoms with E-state index >= 15 is 0 Å². The monoisotopic (exact) mass is 222 g/mol. The van der Waals surface area contributed by atoms with E-state index in [0.717, 1.165) is 0 Å². The number of nitrogens with zero attached hydrogens (tertiary/aromatic N) is 2. The molecule has 4 heteroatoms. The average molecular weight is 222 g/mol. The van der Waals surface area contributed by atoms with Crippen LogP contribution in [0.5, 0.6) is 0 Å². The zero-order valence-corrected chi connectivity index (χ0v) is 10.1. The summed E-state index contributed by atoms with van der Waals surface area (Å²) in [4.78, 5) is 25.2. The predicted octanol–water partition coefficient (Wildman–Crippen LogP) is 1.85. The summed E-state index contributed by atoms with van der Waals surface area (Å²) < 4.78 is 0. The second-order valence-electron chi connectivity index (χ2n) is 4.29. The number of carbonyl (C=O) groups excluding carboxylic acids is 2. The van der Waals surface area contributed by atoms with E-state index in [1.807, 2.05) is 26.8 Å². The lowest BCUT2D eigenvalue weighted by Crippen LogP contribution is -2.41. The Morgan fingerprint density at radius 1 is 1.38 bits per heavy atom. The van der Waals surface area contributed by atoms with E-state index in [4.69, 9.17) is 5.26 Å². The Kier molecular flexibility index (Phi) is 3.69. The average Bonchev–Trinajstić information content (AvgIpc) is 2.55. The predicted molar refractivity (Wildman–Crippen MR) is 59.2 cm³/mol. The molecule has 0 aromatic rings. The lowest BCUT2D eigenvalue weighted by Gasteiger charge is -2.25. The Balaban J connectivity index is 3.04. The number of hydrogen-bond acceptors (Lipinski definition) is 3. The van der Waals surface area contributed by atoms with Gasteiger partial charge in [0, 0.05) is 6.42 Å². The van der Waals surface area contributed by atoms with Crippen molar-refractivity contribution >= 4 is 11.8 Å². The van der Waals surface area contributed by atoms with Gasteiger partial charge in [-0.05, 0) is 19.3 Å². The fourth-order valence-corrected chi connectivity index (χ4v) is 2.27. The first-order valence-corrected chi connectivity index (χ1v) is 5.82. The first kappa shape index (κ1) is 12.7. The summed E-state index contributed by atoms with van der Waals surface area (Å²) in [6, 6.07) is 1.43. The summed E-state index contributed by atoms with van der Waals surface area (Å²) in [6.45, 7) is 5.66. The number of amides is 2. The molecule has 0 spiro atoms. The standard InChI is InChI=1S/C12H18N2O2/c1-4-9(8-13)14-10(15)7-12(5-2,6-3)11(14)16/h9H,4-7H2,1-3H3. The van der Waals surface area contributed by atoms with Crippen molar-refractivity contribution in [2.24, 2.45) is 5.41 Å². The third kappa shape index (κ3) is 1.71. The molecule has 1 fully saturated rings. The molecule has 1 atom stereocenters. The lowest BCUT2D eigenvalue weighted by molar-refractivity contribution is -0.143. The molecule has 1 heterocycles. The first-order valence-electron chi connectivity index (χ1n) is 5.82. The van der Waals surface area contributed by atoms with Gasteiger partial charge in [-0.3, -0.25) is 14.5 Å². The van der Waals surface area contributed by atoms with Crippen LogP contribution >= 0.6 is 0 Å². The van der Waals surface area contributed by atoms with Crippen molar-refractivity contribution in [3.8, 4) is 6.07 Å². The minimum absolute atomic E-state index is 0.157. The maximum Gasteiger partial charge on any atom is 0.237 e. The SMILES string of the molecule is CCC(C#N)N1C(=O)CC(CC)(CC)C1=O. The van der Waals surface area contributed by atoms with Gasteiger partial charge in [-0.1, -0.05) is 20.8 Å². The van der Waals surface area contributed by atoms with Crippen molar-refractivity contribution < 1.29 is 9.59 Å². The minimum atomic E-state index is -0.597. The second kappa shape index (κ2) is 4.65. The number of rotatable bonds is 4. The van der Waals surface area contributed by atoms with Crippen LogP contribution in [-0.4, -0.2) is 22.8 Å². The zero-order chi connectivity index (χ0) is 12.3. The van der Waals surface area contributed by atoms with Crippen molar-refractivity contribution in [3.63, 3.8) is 0 Å². The van der Waals surface area contributed by atoms with E-state index in [0.29, 0.717) is 19.3 Å². The maximum atomic E-state index is 12.2. The minimum Gasteiger partial charge on any atom is -0.274 e. The van der Waals surface area contributed by atoms with Crippen molar-refractivity contribution in [1.29, 1.82) is 5.26 Å². The van der Waals surface area contributed by atoms with E-state index in [1.54, 1.807) is 0 Å². The molecule has 4 nitrogen and oxygen atoms in total. The van der Waals surface area contributed by atoms with Gasteiger partial charge in [-0.25, -0.2) is 0 Å². The van der Waals surface area contributed by atoms with Gasteiger partial charge in [0.15, 0.2) is 0 Å². The highest BCUT2D eigenvalue weighted by molar-refractivity contribution is 6.06. The highest BCUT2D eigenvalue weighted by Gasteiger charge is 2.50. The Hall–Kier alpha value is -1.37. The van der Waals surface area contributed by atoms with Gasteiger partial charge in [0.1, 0.15) is 6.04 Å². The van der Waals surface area contributed by atoms with Gasteiger partial charge in [-0.2, -0.15) is 5.26 Å². The Bertz CT molecular complexity index is 339. The number of likely N-dealkylation sites (tertiary alicyclic amines) is 1. The normalized spacial score (nSPS) is 21.0. The molecule has 1 aliphatic heterocycles. The molecule has 2 amide bonds. The van der Waals surface area contributed by atoms with Crippen molar-refractivity contribution in [1.82, 2.24) is 4.90 Å². The van der Waals surface area contributed by atoms with Gasteiger partial charge in [0.2, 0.25) is 11.8 Å². The van der Waals surface area contributed by atoms with Crippen LogP contribution in [0.2, 0.25) is 0 Å². The van der Waals surface area contributed by atoms with E-state index in [1.165, 1.54) is 4.90 Å². The summed E-state index contributed by atoms with van der Waals surface area (Å²) in [5.41, 5.74) is -0.554. The van der Waals surface area contributed by atoms with Crippen LogP contribution in [0.1, 0.15) is 46.5 Å². The third-order valence-corrected chi connectivity index (χ3v) is 3.63. The quantitative estimate of drug-likeness (QED) is 0.682. The molecule has 0 radical (unpaired) electrons. The fraction of sp³-hybridized carbons (Fsp3) is 0.750. The Morgan fingerprint density at radius 2 is 1.94 bits per heavy atom. The second-order valence-corrected chi connectivity index (χ2v) is 4.29. The molecule has 0 saturated carbocycles. The number of imide groups is 1. The first-order chi connectivity index (χ1) is 7.56. The lowest BCUT2D eigenvalue weighted by atomic mass is 9.81. The van der Waals surface area contributed by atoms with E-state index in [2.05, 4.69) is 0 Å². The fourth-order valence-electron chi connectivity index (χ4n) is 2.27. The third-order valence-electron chi connectivity index (χ3n) is 3.63. The van der Waals surface area contributed by atoms with Crippen LogP contribution < -0.4 is 0 Å². The molecule has 0 N–H and O–H groups in total. The molecule has 1 aliphatic rings. The summed E-state index contributed by atoms with van der Waals surface area (Å²) in [5, 5.41) is 8.94. The molecule has 88 valence electrons. The summed E-state index contributed by atoms with van der Waals surface area (Å²) >= 11 is 0. The molecule has 0 aliphatic carbocycles. The molecular formula is C12H18N2O2. The van der Waals surface area contributed by atoms with Gasteiger partial charge in [0.25, 0.3) is 0 Å². The van der Waals surface area contributed by atoms with Crippen LogP contribution in [0.25, 0.3) is 0 Å². The van der Waals surface area contributed by atoms with Crippen LogP contribution in [0.15, 0.2) is 0 Å². The smallest absolute Gasteiger partial charge is 0.237 e. The Labute approximate surface area is 96.2 Å². The molecule has 1 rings (SSSR count). The largest absolute Gasteiger partial charge is 0.274 e. The van der Waals surface area contributed by atoms with Crippen LogP contribution in [-0.2, 0) is 9.59 Å². The van der Waals surface area contributed by atoms with Crippen molar-refractivity contribution in [2.75, 3.05) is 0 Å². The zero-order valence-electron chi connectivity index (χ0n) is 10.1. The number of carbonyl (C=O) groups is 2. The van der Waals surface area contributed by atoms with Crippen LogP contribution in [0, 0.1) is 16.7 Å². The van der Waals surface area contributed by atoms with Gasteiger partial charge < -0.3 is 0 Å². The topological polar surface area (TPSA) is 61.2 Å². The van der Waals surface area contributed by atoms with Gasteiger partial charge in [-0.15, -0.1) is 0 Å². The molecular weight excluding hydrogens is 204 g/mol.